The highest BCUT2D eigenvalue weighted by atomic mass is 16.5. The van der Waals surface area contributed by atoms with Crippen molar-refractivity contribution in [3.05, 3.63) is 29.8 Å². The maximum absolute atomic E-state index is 12.9. The van der Waals surface area contributed by atoms with Crippen LogP contribution in [0.15, 0.2) is 24.3 Å². The van der Waals surface area contributed by atoms with Crippen LogP contribution in [0.3, 0.4) is 0 Å². The number of rotatable bonds is 5. The van der Waals surface area contributed by atoms with Gasteiger partial charge in [-0.15, -0.1) is 0 Å². The summed E-state index contributed by atoms with van der Waals surface area (Å²) < 4.78 is 16.5. The van der Waals surface area contributed by atoms with Crippen LogP contribution >= 0.6 is 0 Å². The van der Waals surface area contributed by atoms with Crippen LogP contribution in [0.5, 0.6) is 5.75 Å². The Morgan fingerprint density at radius 1 is 1.48 bits per heavy atom. The molecule has 0 N–H and O–H groups in total. The van der Waals surface area contributed by atoms with Gasteiger partial charge < -0.3 is 19.1 Å². The molecule has 0 aromatic heterocycles. The van der Waals surface area contributed by atoms with Crippen molar-refractivity contribution in [1.82, 2.24) is 4.90 Å². The minimum absolute atomic E-state index is 0.0921. The van der Waals surface area contributed by atoms with E-state index >= 15 is 0 Å². The Bertz CT molecular complexity index is 595. The van der Waals surface area contributed by atoms with E-state index in [1.165, 1.54) is 0 Å². The standard InChI is InChI=1S/C17H22N2O4/c1-17(2)12-19(10-13(23-17)11-21-3)16(20)14-6-4-5-7-15(14)22-9-8-18/h4-7,13H,9-12H2,1-3H3. The first-order valence-electron chi connectivity index (χ1n) is 7.51. The summed E-state index contributed by atoms with van der Waals surface area (Å²) >= 11 is 0. The smallest absolute Gasteiger partial charge is 0.257 e. The molecule has 1 aromatic carbocycles. The van der Waals surface area contributed by atoms with Crippen molar-refractivity contribution in [3.63, 3.8) is 0 Å². The highest BCUT2D eigenvalue weighted by Crippen LogP contribution is 2.26. The van der Waals surface area contributed by atoms with Gasteiger partial charge in [-0.05, 0) is 26.0 Å². The van der Waals surface area contributed by atoms with Gasteiger partial charge in [0.25, 0.3) is 5.91 Å². The molecule has 0 aliphatic carbocycles. The first-order chi connectivity index (χ1) is 11.0. The van der Waals surface area contributed by atoms with Gasteiger partial charge in [0.05, 0.1) is 23.9 Å². The number of methoxy groups -OCH3 is 1. The molecular formula is C17H22N2O4. The highest BCUT2D eigenvalue weighted by Gasteiger charge is 2.36. The number of para-hydroxylation sites is 1. The van der Waals surface area contributed by atoms with Crippen molar-refractivity contribution >= 4 is 5.91 Å². The maximum atomic E-state index is 12.9. The fraction of sp³-hybridized carbons (Fsp3) is 0.529. The van der Waals surface area contributed by atoms with Gasteiger partial charge >= 0.3 is 0 Å². The SMILES string of the molecule is COCC1CN(C(=O)c2ccccc2OCC#N)CC(C)(C)O1. The van der Waals surface area contributed by atoms with Crippen LogP contribution < -0.4 is 4.74 Å². The highest BCUT2D eigenvalue weighted by molar-refractivity contribution is 5.97. The Balaban J connectivity index is 2.20. The van der Waals surface area contributed by atoms with Gasteiger partial charge in [0.2, 0.25) is 0 Å². The summed E-state index contributed by atoms with van der Waals surface area (Å²) in [6.07, 6.45) is -0.167. The summed E-state index contributed by atoms with van der Waals surface area (Å²) in [6.45, 7) is 5.19. The third-order valence-corrected chi connectivity index (χ3v) is 3.53. The molecule has 124 valence electrons. The molecule has 2 rings (SSSR count). The summed E-state index contributed by atoms with van der Waals surface area (Å²) in [5.41, 5.74) is 0.0103. The van der Waals surface area contributed by atoms with E-state index in [2.05, 4.69) is 0 Å². The van der Waals surface area contributed by atoms with Gasteiger partial charge in [-0.2, -0.15) is 5.26 Å². The van der Waals surface area contributed by atoms with E-state index in [1.54, 1.807) is 36.3 Å². The topological polar surface area (TPSA) is 71.8 Å². The van der Waals surface area contributed by atoms with Crippen LogP contribution in [0.2, 0.25) is 0 Å². The van der Waals surface area contributed by atoms with E-state index in [-0.39, 0.29) is 18.6 Å². The number of carbonyl (C=O) groups is 1. The van der Waals surface area contributed by atoms with Crippen LogP contribution in [0.25, 0.3) is 0 Å². The molecule has 1 saturated heterocycles. The quantitative estimate of drug-likeness (QED) is 0.828. The Labute approximate surface area is 136 Å². The minimum atomic E-state index is -0.445. The molecular weight excluding hydrogens is 296 g/mol. The number of nitrogens with zero attached hydrogens (tertiary/aromatic N) is 2. The van der Waals surface area contributed by atoms with Crippen LogP contribution in [0.4, 0.5) is 0 Å². The zero-order valence-corrected chi connectivity index (χ0v) is 13.7. The van der Waals surface area contributed by atoms with Gasteiger partial charge in [-0.3, -0.25) is 4.79 Å². The van der Waals surface area contributed by atoms with Crippen LogP contribution in [0, 0.1) is 11.3 Å². The Morgan fingerprint density at radius 3 is 2.91 bits per heavy atom. The molecule has 0 bridgehead atoms. The fourth-order valence-corrected chi connectivity index (χ4v) is 2.77. The fourth-order valence-electron chi connectivity index (χ4n) is 2.77. The summed E-state index contributed by atoms with van der Waals surface area (Å²) in [7, 11) is 1.61. The number of amides is 1. The molecule has 1 unspecified atom stereocenters. The second kappa shape index (κ2) is 7.44. The van der Waals surface area contributed by atoms with Crippen LogP contribution in [0.1, 0.15) is 24.2 Å². The second-order valence-corrected chi connectivity index (χ2v) is 6.08. The largest absolute Gasteiger partial charge is 0.478 e. The molecule has 0 saturated carbocycles. The molecule has 1 atom stereocenters. The Morgan fingerprint density at radius 2 is 2.22 bits per heavy atom. The number of benzene rings is 1. The molecule has 1 fully saturated rings. The van der Waals surface area contributed by atoms with Crippen molar-refractivity contribution in [1.29, 1.82) is 5.26 Å². The lowest BCUT2D eigenvalue weighted by Crippen LogP contribution is -2.55. The van der Waals surface area contributed by atoms with E-state index in [0.717, 1.165) is 0 Å². The van der Waals surface area contributed by atoms with E-state index in [1.807, 2.05) is 19.9 Å². The predicted molar refractivity (Wildman–Crippen MR) is 84.3 cm³/mol. The summed E-state index contributed by atoms with van der Waals surface area (Å²) in [4.78, 5) is 14.6. The molecule has 0 radical (unpaired) electrons. The first-order valence-corrected chi connectivity index (χ1v) is 7.51. The average Bonchev–Trinajstić information content (AvgIpc) is 2.51. The van der Waals surface area contributed by atoms with Gasteiger partial charge in [-0.25, -0.2) is 0 Å². The average molecular weight is 318 g/mol. The molecule has 0 spiro atoms. The maximum Gasteiger partial charge on any atom is 0.257 e. The molecule has 1 aliphatic heterocycles. The van der Waals surface area contributed by atoms with Crippen molar-refractivity contribution in [2.45, 2.75) is 25.6 Å². The third kappa shape index (κ3) is 4.44. The van der Waals surface area contributed by atoms with Crippen molar-refractivity contribution in [2.75, 3.05) is 33.4 Å². The molecule has 1 aliphatic rings. The molecule has 6 nitrogen and oxygen atoms in total. The van der Waals surface area contributed by atoms with Crippen LogP contribution in [-0.4, -0.2) is 55.9 Å². The minimum Gasteiger partial charge on any atom is -0.478 e. The van der Waals surface area contributed by atoms with Gasteiger partial charge in [0.15, 0.2) is 6.61 Å². The third-order valence-electron chi connectivity index (χ3n) is 3.53. The van der Waals surface area contributed by atoms with Crippen LogP contribution in [-0.2, 0) is 9.47 Å². The summed E-state index contributed by atoms with van der Waals surface area (Å²) in [5, 5.41) is 8.67. The second-order valence-electron chi connectivity index (χ2n) is 6.08. The van der Waals surface area contributed by atoms with Gasteiger partial charge in [-0.1, -0.05) is 12.1 Å². The zero-order chi connectivity index (χ0) is 16.9. The monoisotopic (exact) mass is 318 g/mol. The molecule has 1 aromatic rings. The zero-order valence-electron chi connectivity index (χ0n) is 13.7. The van der Waals surface area contributed by atoms with Gasteiger partial charge in [0.1, 0.15) is 11.8 Å². The van der Waals surface area contributed by atoms with E-state index in [9.17, 15) is 4.79 Å². The van der Waals surface area contributed by atoms with E-state index in [4.69, 9.17) is 19.5 Å². The number of hydrogen-bond acceptors (Lipinski definition) is 5. The molecule has 6 heteroatoms. The summed E-state index contributed by atoms with van der Waals surface area (Å²) in [5.74, 6) is 0.294. The Hall–Kier alpha value is -2.10. The van der Waals surface area contributed by atoms with E-state index in [0.29, 0.717) is 31.0 Å². The van der Waals surface area contributed by atoms with Crippen molar-refractivity contribution in [2.24, 2.45) is 0 Å². The number of morpholine rings is 1. The number of hydrogen-bond donors (Lipinski definition) is 0. The normalized spacial score (nSPS) is 19.9. The van der Waals surface area contributed by atoms with Crippen molar-refractivity contribution in [3.8, 4) is 11.8 Å². The summed E-state index contributed by atoms with van der Waals surface area (Å²) in [6, 6.07) is 8.88. The number of carbonyl (C=O) groups excluding carboxylic acids is 1. The molecule has 1 amide bonds. The molecule has 23 heavy (non-hydrogen) atoms. The van der Waals surface area contributed by atoms with Crippen molar-refractivity contribution < 1.29 is 19.0 Å². The number of ether oxygens (including phenoxy) is 3. The Kier molecular flexibility index (Phi) is 5.59. The number of nitriles is 1. The predicted octanol–water partition coefficient (Wildman–Crippen LogP) is 1.85. The van der Waals surface area contributed by atoms with E-state index < -0.39 is 5.60 Å². The van der Waals surface area contributed by atoms with Gasteiger partial charge in [0, 0.05) is 20.2 Å². The lowest BCUT2D eigenvalue weighted by Gasteiger charge is -2.42. The molecule has 1 heterocycles. The lowest BCUT2D eigenvalue weighted by molar-refractivity contribution is -0.143. The first kappa shape index (κ1) is 17.3. The lowest BCUT2D eigenvalue weighted by atomic mass is 10.0.